The van der Waals surface area contributed by atoms with Crippen molar-refractivity contribution < 1.29 is 17.7 Å². The van der Waals surface area contributed by atoms with Gasteiger partial charge in [0.25, 0.3) is 0 Å². The summed E-state index contributed by atoms with van der Waals surface area (Å²) in [6, 6.07) is 7.23. The number of sulfonamides is 1. The van der Waals surface area contributed by atoms with Gasteiger partial charge in [0.05, 0.1) is 22.8 Å². The van der Waals surface area contributed by atoms with Crippen LogP contribution in [0.25, 0.3) is 33.0 Å². The van der Waals surface area contributed by atoms with Crippen molar-refractivity contribution in [1.82, 2.24) is 15.1 Å². The summed E-state index contributed by atoms with van der Waals surface area (Å²) in [5.41, 5.74) is 2.78. The van der Waals surface area contributed by atoms with Gasteiger partial charge in [0.15, 0.2) is 11.4 Å². The van der Waals surface area contributed by atoms with Crippen LogP contribution in [0.3, 0.4) is 0 Å². The van der Waals surface area contributed by atoms with E-state index in [1.54, 1.807) is 30.6 Å². The van der Waals surface area contributed by atoms with Crippen molar-refractivity contribution in [3.05, 3.63) is 41.7 Å². The summed E-state index contributed by atoms with van der Waals surface area (Å²) < 4.78 is 38.3. The highest BCUT2D eigenvalue weighted by Crippen LogP contribution is 2.36. The second kappa shape index (κ2) is 7.90. The smallest absolute Gasteiger partial charge is 0.236 e. The number of rotatable bonds is 7. The molecule has 0 amide bonds. The number of nitrogens with zero attached hydrogens (tertiary/aromatic N) is 3. The van der Waals surface area contributed by atoms with Crippen LogP contribution >= 0.6 is 11.6 Å². The minimum absolute atomic E-state index is 0.178. The molecule has 32 heavy (non-hydrogen) atoms. The van der Waals surface area contributed by atoms with E-state index in [0.29, 0.717) is 52.8 Å². The van der Waals surface area contributed by atoms with E-state index in [1.165, 1.54) is 0 Å². The zero-order valence-electron chi connectivity index (χ0n) is 17.5. The highest BCUT2D eigenvalue weighted by molar-refractivity contribution is 7.93. The van der Waals surface area contributed by atoms with Gasteiger partial charge < -0.3 is 9.26 Å². The summed E-state index contributed by atoms with van der Waals surface area (Å²) in [6.45, 7) is 4.64. The SMILES string of the molecule is CC(C)COc1ncc(-c2ccnc3cc4c(NS(=O)(=O)C5CC5)noc4cc23)cc1Cl. The Morgan fingerprint density at radius 1 is 1.22 bits per heavy atom. The van der Waals surface area contributed by atoms with Crippen LogP contribution in [-0.2, 0) is 10.0 Å². The van der Waals surface area contributed by atoms with Gasteiger partial charge in [-0.25, -0.2) is 13.4 Å². The molecule has 1 fully saturated rings. The number of pyridine rings is 2. The quantitative estimate of drug-likeness (QED) is 0.402. The Labute approximate surface area is 190 Å². The van der Waals surface area contributed by atoms with Crippen molar-refractivity contribution in [2.75, 3.05) is 11.3 Å². The molecule has 1 aliphatic carbocycles. The first kappa shape index (κ1) is 21.0. The van der Waals surface area contributed by atoms with Gasteiger partial charge in [-0.2, -0.15) is 0 Å². The predicted molar refractivity (Wildman–Crippen MR) is 123 cm³/mol. The van der Waals surface area contributed by atoms with Gasteiger partial charge in [-0.3, -0.25) is 9.71 Å². The number of aromatic nitrogens is 3. The molecule has 1 aliphatic rings. The van der Waals surface area contributed by atoms with Crippen LogP contribution < -0.4 is 9.46 Å². The number of ether oxygens (including phenoxy) is 1. The van der Waals surface area contributed by atoms with Gasteiger partial charge in [-0.15, -0.1) is 0 Å². The third-order valence-corrected chi connectivity index (χ3v) is 7.30. The Morgan fingerprint density at radius 2 is 2.03 bits per heavy atom. The second-order valence-electron chi connectivity index (χ2n) is 8.32. The van der Waals surface area contributed by atoms with Crippen molar-refractivity contribution in [2.45, 2.75) is 31.9 Å². The van der Waals surface area contributed by atoms with Crippen LogP contribution in [0.1, 0.15) is 26.7 Å². The molecule has 4 aromatic rings. The largest absolute Gasteiger partial charge is 0.476 e. The van der Waals surface area contributed by atoms with E-state index in [-0.39, 0.29) is 11.1 Å². The van der Waals surface area contributed by atoms with Gasteiger partial charge in [0, 0.05) is 23.3 Å². The van der Waals surface area contributed by atoms with Crippen molar-refractivity contribution in [3.8, 4) is 17.0 Å². The van der Waals surface area contributed by atoms with Crippen LogP contribution in [0.4, 0.5) is 5.82 Å². The van der Waals surface area contributed by atoms with Crippen molar-refractivity contribution in [3.63, 3.8) is 0 Å². The fraction of sp³-hybridized carbons (Fsp3) is 0.318. The first-order chi connectivity index (χ1) is 15.3. The van der Waals surface area contributed by atoms with E-state index in [9.17, 15) is 8.42 Å². The number of anilines is 1. The molecule has 1 aromatic carbocycles. The molecule has 1 N–H and O–H groups in total. The molecule has 0 radical (unpaired) electrons. The van der Waals surface area contributed by atoms with E-state index in [4.69, 9.17) is 20.9 Å². The summed E-state index contributed by atoms with van der Waals surface area (Å²) in [4.78, 5) is 8.82. The predicted octanol–water partition coefficient (Wildman–Crippen LogP) is 5.03. The molecule has 0 unspecified atom stereocenters. The molecule has 0 bridgehead atoms. The Bertz CT molecular complexity index is 1430. The molecule has 3 heterocycles. The summed E-state index contributed by atoms with van der Waals surface area (Å²) >= 11 is 6.41. The van der Waals surface area contributed by atoms with E-state index in [1.807, 2.05) is 6.07 Å². The van der Waals surface area contributed by atoms with Gasteiger partial charge in [-0.1, -0.05) is 30.6 Å². The lowest BCUT2D eigenvalue weighted by Gasteiger charge is -2.11. The molecule has 0 saturated heterocycles. The number of hydrogen-bond donors (Lipinski definition) is 1. The first-order valence-corrected chi connectivity index (χ1v) is 12.2. The molecular formula is C22H21ClN4O4S. The maximum Gasteiger partial charge on any atom is 0.236 e. The zero-order chi connectivity index (χ0) is 22.5. The fourth-order valence-corrected chi connectivity index (χ4v) is 4.98. The molecule has 8 nitrogen and oxygen atoms in total. The number of nitrogens with one attached hydrogen (secondary N) is 1. The third kappa shape index (κ3) is 3.98. The normalized spacial score (nSPS) is 14.4. The van der Waals surface area contributed by atoms with Gasteiger partial charge in [0.1, 0.15) is 5.02 Å². The molecule has 0 spiro atoms. The highest BCUT2D eigenvalue weighted by Gasteiger charge is 2.36. The van der Waals surface area contributed by atoms with Crippen LogP contribution in [0.15, 0.2) is 41.2 Å². The monoisotopic (exact) mass is 472 g/mol. The number of fused-ring (bicyclic) bond motifs is 2. The standard InChI is InChI=1S/C22H21ClN4O4S/c1-12(2)11-30-22-18(23)7-13(10-25-22)15-5-6-24-19-8-17-20(9-16(15)19)31-26-21(17)27-32(28,29)14-3-4-14/h5-10,12,14H,3-4,11H2,1-2H3,(H,26,27). The molecular weight excluding hydrogens is 452 g/mol. The Morgan fingerprint density at radius 3 is 2.75 bits per heavy atom. The minimum Gasteiger partial charge on any atom is -0.476 e. The van der Waals surface area contributed by atoms with Gasteiger partial charge in [0.2, 0.25) is 15.9 Å². The Balaban J connectivity index is 1.54. The molecule has 166 valence electrons. The van der Waals surface area contributed by atoms with Gasteiger partial charge >= 0.3 is 0 Å². The minimum atomic E-state index is -3.45. The molecule has 5 rings (SSSR count). The summed E-state index contributed by atoms with van der Waals surface area (Å²) in [5, 5.41) is 5.36. The average Bonchev–Trinajstić information content (AvgIpc) is 3.55. The lowest BCUT2D eigenvalue weighted by atomic mass is 10.0. The van der Waals surface area contributed by atoms with Crippen LogP contribution in [-0.4, -0.2) is 35.4 Å². The van der Waals surface area contributed by atoms with Crippen molar-refractivity contribution in [1.29, 1.82) is 0 Å². The fourth-order valence-electron chi connectivity index (χ4n) is 3.42. The topological polar surface area (TPSA) is 107 Å². The van der Waals surface area contributed by atoms with Gasteiger partial charge in [-0.05, 0) is 48.6 Å². The summed E-state index contributed by atoms with van der Waals surface area (Å²) in [5.74, 6) is 0.935. The third-order valence-electron chi connectivity index (χ3n) is 5.21. The van der Waals surface area contributed by atoms with Crippen LogP contribution in [0.5, 0.6) is 5.88 Å². The molecule has 1 saturated carbocycles. The Hall–Kier alpha value is -2.91. The number of benzene rings is 1. The molecule has 3 aromatic heterocycles. The van der Waals surface area contributed by atoms with E-state index >= 15 is 0 Å². The molecule has 0 aliphatic heterocycles. The molecule has 0 atom stereocenters. The number of hydrogen-bond acceptors (Lipinski definition) is 7. The van der Waals surface area contributed by atoms with E-state index < -0.39 is 10.0 Å². The lowest BCUT2D eigenvalue weighted by Crippen LogP contribution is -2.17. The van der Waals surface area contributed by atoms with Crippen LogP contribution in [0, 0.1) is 5.92 Å². The maximum absolute atomic E-state index is 12.3. The van der Waals surface area contributed by atoms with E-state index in [0.717, 1.165) is 16.5 Å². The lowest BCUT2D eigenvalue weighted by molar-refractivity contribution is 0.261. The molecule has 10 heteroatoms. The van der Waals surface area contributed by atoms with Crippen LogP contribution in [0.2, 0.25) is 5.02 Å². The zero-order valence-corrected chi connectivity index (χ0v) is 19.1. The number of halogens is 1. The summed E-state index contributed by atoms with van der Waals surface area (Å²) in [6.07, 6.45) is 4.71. The highest BCUT2D eigenvalue weighted by atomic mass is 35.5. The van der Waals surface area contributed by atoms with E-state index in [2.05, 4.69) is 33.7 Å². The van der Waals surface area contributed by atoms with Crippen molar-refractivity contribution in [2.24, 2.45) is 5.92 Å². The Kier molecular flexibility index (Phi) is 5.17. The average molecular weight is 473 g/mol. The maximum atomic E-state index is 12.3. The second-order valence-corrected chi connectivity index (χ2v) is 10.7. The first-order valence-electron chi connectivity index (χ1n) is 10.3. The van der Waals surface area contributed by atoms with Crippen molar-refractivity contribution >= 4 is 49.3 Å². The summed E-state index contributed by atoms with van der Waals surface area (Å²) in [7, 11) is -3.45.